The molecule has 2 aliphatic rings. The van der Waals surface area contributed by atoms with E-state index in [2.05, 4.69) is 9.88 Å². The largest absolute Gasteiger partial charge is 0.390 e. The van der Waals surface area contributed by atoms with Crippen LogP contribution in [0.1, 0.15) is 42.6 Å². The molecule has 210 valence electrons. The fourth-order valence-corrected chi connectivity index (χ4v) is 6.42. The number of nitrogens with one attached hydrogen (secondary N) is 1. The minimum absolute atomic E-state index is 0.0459. The number of benzene rings is 2. The number of para-hydroxylation sites is 2. The van der Waals surface area contributed by atoms with Crippen LogP contribution in [0.15, 0.2) is 47.3 Å². The number of amides is 1. The average molecular weight is 563 g/mol. The zero-order valence-electron chi connectivity index (χ0n) is 22.9. The van der Waals surface area contributed by atoms with Gasteiger partial charge in [-0.05, 0) is 43.5 Å². The summed E-state index contributed by atoms with van der Waals surface area (Å²) < 4.78 is 3.82. The van der Waals surface area contributed by atoms with E-state index < -0.39 is 6.10 Å². The number of halogens is 1. The molecular weight excluding hydrogens is 528 g/mol. The van der Waals surface area contributed by atoms with Crippen LogP contribution in [0.3, 0.4) is 0 Å². The van der Waals surface area contributed by atoms with Crippen LogP contribution >= 0.6 is 11.6 Å². The summed E-state index contributed by atoms with van der Waals surface area (Å²) in [5, 5.41) is 16.8. The molecule has 1 saturated heterocycles. The molecule has 2 N–H and O–H groups in total. The van der Waals surface area contributed by atoms with Gasteiger partial charge in [0.25, 0.3) is 0 Å². The first-order chi connectivity index (χ1) is 19.3. The molecule has 1 amide bonds. The van der Waals surface area contributed by atoms with Gasteiger partial charge < -0.3 is 19.9 Å². The molecule has 6 rings (SSSR count). The van der Waals surface area contributed by atoms with Crippen molar-refractivity contribution in [1.29, 1.82) is 0 Å². The number of β-amino-alcohol motifs (C(OH)–C–C–N with tert-alkyl or cyclic N) is 1. The van der Waals surface area contributed by atoms with Gasteiger partial charge in [0.1, 0.15) is 0 Å². The highest BCUT2D eigenvalue weighted by Gasteiger charge is 2.29. The lowest BCUT2D eigenvalue weighted by Gasteiger charge is -2.33. The van der Waals surface area contributed by atoms with Gasteiger partial charge in [-0.3, -0.25) is 14.0 Å². The van der Waals surface area contributed by atoms with Crippen LogP contribution in [0.4, 0.5) is 0 Å². The monoisotopic (exact) mass is 562 g/mol. The average Bonchev–Trinajstić information content (AvgIpc) is 3.47. The summed E-state index contributed by atoms with van der Waals surface area (Å²) in [5.74, 6) is 0.0459. The molecule has 40 heavy (non-hydrogen) atoms. The number of aryl methyl sites for hydroxylation is 1. The number of piperidine rings is 1. The van der Waals surface area contributed by atoms with E-state index in [0.29, 0.717) is 37.6 Å². The predicted octanol–water partition coefficient (Wildman–Crippen LogP) is 3.76. The lowest BCUT2D eigenvalue weighted by atomic mass is 10.00. The zero-order valence-corrected chi connectivity index (χ0v) is 23.7. The normalized spacial score (nSPS) is 17.4. The minimum atomic E-state index is -0.600. The molecule has 2 aliphatic heterocycles. The van der Waals surface area contributed by atoms with Crippen molar-refractivity contribution in [2.24, 2.45) is 0 Å². The first-order valence-electron chi connectivity index (χ1n) is 14.0. The number of likely N-dealkylation sites (tertiary alicyclic amines) is 1. The van der Waals surface area contributed by atoms with Crippen molar-refractivity contribution >= 4 is 28.5 Å². The number of hydrogen-bond acceptors (Lipinski definition) is 5. The van der Waals surface area contributed by atoms with E-state index >= 15 is 0 Å². The van der Waals surface area contributed by atoms with Crippen molar-refractivity contribution < 1.29 is 9.90 Å². The number of nitrogens with zero attached hydrogens (tertiary/aromatic N) is 5. The van der Waals surface area contributed by atoms with Gasteiger partial charge in [0.15, 0.2) is 0 Å². The molecule has 0 radical (unpaired) electrons. The second kappa shape index (κ2) is 10.9. The molecule has 4 heterocycles. The number of fused-ring (bicyclic) bond motifs is 2. The number of carbonyl (C=O) groups is 1. The molecule has 9 nitrogen and oxygen atoms in total. The van der Waals surface area contributed by atoms with Gasteiger partial charge >= 0.3 is 5.69 Å². The number of rotatable bonds is 6. The lowest BCUT2D eigenvalue weighted by Crippen LogP contribution is -2.42. The number of aromatic amines is 1. The summed E-state index contributed by atoms with van der Waals surface area (Å²) in [6, 6.07) is 13.9. The Balaban J connectivity index is 1.16. The van der Waals surface area contributed by atoms with Gasteiger partial charge in [-0.15, -0.1) is 0 Å². The summed E-state index contributed by atoms with van der Waals surface area (Å²) >= 11 is 6.44. The summed E-state index contributed by atoms with van der Waals surface area (Å²) in [5.41, 5.74) is 6.59. The molecule has 1 fully saturated rings. The Kier molecular flexibility index (Phi) is 7.29. The molecule has 10 heteroatoms. The third-order valence-corrected chi connectivity index (χ3v) is 8.83. The molecule has 2 aromatic heterocycles. The van der Waals surface area contributed by atoms with Gasteiger partial charge in [-0.1, -0.05) is 35.9 Å². The molecule has 2 aromatic carbocycles. The second-order valence-corrected chi connectivity index (χ2v) is 11.5. The fraction of sp³-hybridized carbons (Fsp3) is 0.433. The van der Waals surface area contributed by atoms with Crippen molar-refractivity contribution in [1.82, 2.24) is 29.1 Å². The number of hydrogen-bond donors (Lipinski definition) is 2. The van der Waals surface area contributed by atoms with E-state index in [1.807, 2.05) is 63.5 Å². The molecule has 1 atom stereocenters. The maximum Gasteiger partial charge on any atom is 0.326 e. The quantitative estimate of drug-likeness (QED) is 0.373. The molecule has 0 bridgehead atoms. The van der Waals surface area contributed by atoms with E-state index in [4.69, 9.17) is 16.7 Å². The molecule has 4 aromatic rings. The zero-order chi connectivity index (χ0) is 28.0. The third kappa shape index (κ3) is 5.09. The maximum absolute atomic E-state index is 12.6. The van der Waals surface area contributed by atoms with Crippen molar-refractivity contribution in [2.75, 3.05) is 26.2 Å². The minimum Gasteiger partial charge on any atom is -0.390 e. The lowest BCUT2D eigenvalue weighted by molar-refractivity contribution is -0.129. The van der Waals surface area contributed by atoms with Crippen molar-refractivity contribution in [2.45, 2.75) is 58.3 Å². The van der Waals surface area contributed by atoms with Crippen LogP contribution < -0.4 is 5.69 Å². The Bertz CT molecular complexity index is 1610. The molecule has 0 saturated carbocycles. The topological polar surface area (TPSA) is 99.4 Å². The summed E-state index contributed by atoms with van der Waals surface area (Å²) in [7, 11) is 0. The van der Waals surface area contributed by atoms with Gasteiger partial charge in [0.05, 0.1) is 29.4 Å². The number of imidazole rings is 1. The Morgan fingerprint density at radius 3 is 2.67 bits per heavy atom. The van der Waals surface area contributed by atoms with E-state index in [1.54, 1.807) is 6.92 Å². The van der Waals surface area contributed by atoms with Crippen LogP contribution in [-0.4, -0.2) is 72.4 Å². The Morgan fingerprint density at radius 2 is 1.93 bits per heavy atom. The number of aliphatic hydroxyl groups is 1. The number of aliphatic hydroxyl groups excluding tert-OH is 1. The second-order valence-electron chi connectivity index (χ2n) is 11.1. The number of aromatic nitrogens is 4. The SMILES string of the molecule is CC(=O)N1CCc2c(c(-c3ccc(C)c(Cl)c3)nn2CC(O)CN2CCC(n3c(=O)[nH]c4ccccc43)CC2)C1. The molecule has 1 unspecified atom stereocenters. The van der Waals surface area contributed by atoms with Crippen molar-refractivity contribution in [3.8, 4) is 11.3 Å². The van der Waals surface area contributed by atoms with Crippen molar-refractivity contribution in [3.63, 3.8) is 0 Å². The summed E-state index contributed by atoms with van der Waals surface area (Å²) in [6.45, 7) is 7.24. The maximum atomic E-state index is 12.6. The highest BCUT2D eigenvalue weighted by Crippen LogP contribution is 2.33. The first-order valence-corrected chi connectivity index (χ1v) is 14.4. The predicted molar refractivity (Wildman–Crippen MR) is 155 cm³/mol. The molecule has 0 spiro atoms. The van der Waals surface area contributed by atoms with Crippen LogP contribution in [0, 0.1) is 6.92 Å². The Labute approximate surface area is 238 Å². The van der Waals surface area contributed by atoms with E-state index in [9.17, 15) is 14.7 Å². The highest BCUT2D eigenvalue weighted by atomic mass is 35.5. The van der Waals surface area contributed by atoms with Crippen LogP contribution in [0.2, 0.25) is 5.02 Å². The fourth-order valence-electron chi connectivity index (χ4n) is 6.23. The third-order valence-electron chi connectivity index (χ3n) is 8.42. The Morgan fingerprint density at radius 1 is 1.15 bits per heavy atom. The van der Waals surface area contributed by atoms with E-state index in [1.165, 1.54) is 0 Å². The van der Waals surface area contributed by atoms with Gasteiger partial charge in [0, 0.05) is 74.0 Å². The van der Waals surface area contributed by atoms with E-state index in [0.717, 1.165) is 65.0 Å². The number of H-pyrrole nitrogens is 1. The summed E-state index contributed by atoms with van der Waals surface area (Å²) in [6.07, 6.45) is 1.80. The number of carbonyl (C=O) groups excluding carboxylic acids is 1. The molecular formula is C30H35ClN6O3. The molecule has 0 aliphatic carbocycles. The Hall–Kier alpha value is -3.40. The van der Waals surface area contributed by atoms with Crippen LogP contribution in [0.25, 0.3) is 22.3 Å². The highest BCUT2D eigenvalue weighted by molar-refractivity contribution is 6.31. The van der Waals surface area contributed by atoms with Crippen LogP contribution in [-0.2, 0) is 24.3 Å². The van der Waals surface area contributed by atoms with E-state index in [-0.39, 0.29) is 17.6 Å². The summed E-state index contributed by atoms with van der Waals surface area (Å²) in [4.78, 5) is 31.9. The van der Waals surface area contributed by atoms with Crippen LogP contribution in [0.5, 0.6) is 0 Å². The van der Waals surface area contributed by atoms with Crippen molar-refractivity contribution in [3.05, 3.63) is 74.8 Å². The smallest absolute Gasteiger partial charge is 0.326 e. The standard InChI is InChI=1S/C30H35ClN6O3/c1-19-7-8-21(15-25(19)31)29-24-18-35(20(2)38)14-11-27(24)36(33-29)17-23(39)16-34-12-9-22(10-13-34)37-28-6-4-3-5-26(28)32-30(37)40/h3-8,15,22-23,39H,9-14,16-18H2,1-2H3,(H,32,40). The van der Waals surface area contributed by atoms with Gasteiger partial charge in [-0.2, -0.15) is 5.10 Å². The van der Waals surface area contributed by atoms with Gasteiger partial charge in [0.2, 0.25) is 5.91 Å². The first kappa shape index (κ1) is 26.8. The van der Waals surface area contributed by atoms with Gasteiger partial charge in [-0.25, -0.2) is 4.79 Å².